The van der Waals surface area contributed by atoms with E-state index < -0.39 is 108 Å². The third kappa shape index (κ3) is 19.9. The molecule has 0 spiro atoms. The van der Waals surface area contributed by atoms with Gasteiger partial charge < -0.3 is 56.5 Å². The maximum absolute atomic E-state index is 13.5. The zero-order valence-corrected chi connectivity index (χ0v) is 32.3. The van der Waals surface area contributed by atoms with Gasteiger partial charge in [0.2, 0.25) is 35.4 Å². The Labute approximate surface area is 310 Å². The van der Waals surface area contributed by atoms with Crippen LogP contribution in [-0.2, 0) is 52.6 Å². The summed E-state index contributed by atoms with van der Waals surface area (Å²) >= 11 is 0. The molecule has 1 heterocycles. The third-order valence-electron chi connectivity index (χ3n) is 7.20. The SMILES string of the molecule is CC(C)(C)OC[C@H](NC(=O)[C@H](COC(C)(C)C)NC(=O)[C@@H]1CCCN1C(=O)CNC(=O)CNC(=O)[C@@H](N)CCC(=O)OC(C)(C)C)C(=O)NCC(=O)O. The van der Waals surface area contributed by atoms with Crippen molar-refractivity contribution >= 4 is 47.4 Å². The number of hydrogen-bond acceptors (Lipinski definition) is 12. The zero-order chi connectivity index (χ0) is 40.7. The molecular weight excluding hydrogens is 698 g/mol. The van der Waals surface area contributed by atoms with E-state index in [1.807, 2.05) is 0 Å². The van der Waals surface area contributed by atoms with E-state index in [-0.39, 0.29) is 39.0 Å². The molecule has 4 atom stereocenters. The Hall–Kier alpha value is -4.36. The van der Waals surface area contributed by atoms with Crippen LogP contribution in [0.15, 0.2) is 0 Å². The topological polar surface area (TPSA) is 274 Å². The predicted octanol–water partition coefficient (Wildman–Crippen LogP) is -1.54. The van der Waals surface area contributed by atoms with Gasteiger partial charge in [0.15, 0.2) is 0 Å². The van der Waals surface area contributed by atoms with Crippen LogP contribution in [0.3, 0.4) is 0 Å². The monoisotopic (exact) mass is 757 g/mol. The average molecular weight is 758 g/mol. The highest BCUT2D eigenvalue weighted by atomic mass is 16.6. The highest BCUT2D eigenvalue weighted by Crippen LogP contribution is 2.18. The summed E-state index contributed by atoms with van der Waals surface area (Å²) in [6.07, 6.45) is 0.625. The quantitative estimate of drug-likeness (QED) is 0.0737. The lowest BCUT2D eigenvalue weighted by atomic mass is 10.1. The Balaban J connectivity index is 2.86. The molecule has 0 aliphatic carbocycles. The van der Waals surface area contributed by atoms with E-state index in [4.69, 9.17) is 25.1 Å². The normalized spacial score (nSPS) is 16.4. The maximum atomic E-state index is 13.5. The first-order valence-corrected chi connectivity index (χ1v) is 17.5. The summed E-state index contributed by atoms with van der Waals surface area (Å²) in [6.45, 7) is 13.4. The summed E-state index contributed by atoms with van der Waals surface area (Å²) in [4.78, 5) is 102. The lowest BCUT2D eigenvalue weighted by Crippen LogP contribution is -2.59. The highest BCUT2D eigenvalue weighted by Gasteiger charge is 2.37. The van der Waals surface area contributed by atoms with E-state index >= 15 is 0 Å². The standard InChI is InChI=1S/C34H59N7O12/c1-32(2,3)51-18-21(29(48)38-17-26(44)45)39-30(49)22(19-52-33(4,5)6)40-31(50)23-11-10-14-41(23)25(43)16-36-24(42)15-37-28(47)20(35)12-13-27(46)53-34(7,8)9/h20-23H,10-19,35H2,1-9H3,(H,36,42)(H,37,47)(H,38,48)(H,39,49)(H,40,50)(H,44,45)/t20-,21-,22-,23-/m0/s1. The highest BCUT2D eigenvalue weighted by molar-refractivity contribution is 5.96. The fourth-order valence-corrected chi connectivity index (χ4v) is 4.63. The molecule has 0 aromatic heterocycles. The van der Waals surface area contributed by atoms with Crippen LogP contribution >= 0.6 is 0 Å². The lowest BCUT2D eigenvalue weighted by Gasteiger charge is -2.30. The number of esters is 1. The molecule has 1 saturated heterocycles. The molecule has 0 aromatic carbocycles. The van der Waals surface area contributed by atoms with Crippen molar-refractivity contribution in [3.05, 3.63) is 0 Å². The van der Waals surface area contributed by atoms with Crippen molar-refractivity contribution in [3.63, 3.8) is 0 Å². The zero-order valence-electron chi connectivity index (χ0n) is 32.3. The molecule has 1 aliphatic heterocycles. The molecule has 53 heavy (non-hydrogen) atoms. The molecule has 0 saturated carbocycles. The van der Waals surface area contributed by atoms with Crippen LogP contribution in [0.2, 0.25) is 0 Å². The second kappa shape index (κ2) is 20.8. The van der Waals surface area contributed by atoms with Crippen LogP contribution in [0.4, 0.5) is 0 Å². The van der Waals surface area contributed by atoms with Crippen LogP contribution in [0, 0.1) is 0 Å². The molecule has 8 N–H and O–H groups in total. The van der Waals surface area contributed by atoms with Gasteiger partial charge in [-0.05, 0) is 81.6 Å². The Morgan fingerprint density at radius 2 is 1.28 bits per heavy atom. The first-order chi connectivity index (χ1) is 24.3. The summed E-state index contributed by atoms with van der Waals surface area (Å²) < 4.78 is 16.6. The molecule has 302 valence electrons. The number of hydrogen-bond donors (Lipinski definition) is 7. The molecule has 1 rings (SSSR count). The summed E-state index contributed by atoms with van der Waals surface area (Å²) in [5.41, 5.74) is 3.70. The molecule has 1 fully saturated rings. The van der Waals surface area contributed by atoms with Crippen molar-refractivity contribution in [2.24, 2.45) is 5.73 Å². The van der Waals surface area contributed by atoms with Crippen LogP contribution < -0.4 is 32.3 Å². The second-order valence-electron chi connectivity index (χ2n) is 15.6. The predicted molar refractivity (Wildman–Crippen MR) is 190 cm³/mol. The minimum Gasteiger partial charge on any atom is -0.480 e. The lowest BCUT2D eigenvalue weighted by molar-refractivity contribution is -0.155. The number of aliphatic carboxylic acids is 1. The van der Waals surface area contributed by atoms with E-state index in [2.05, 4.69) is 26.6 Å². The van der Waals surface area contributed by atoms with Crippen molar-refractivity contribution < 1.29 is 57.7 Å². The molecule has 0 radical (unpaired) electrons. The van der Waals surface area contributed by atoms with Gasteiger partial charge in [0.25, 0.3) is 0 Å². The number of rotatable bonds is 19. The van der Waals surface area contributed by atoms with E-state index in [0.29, 0.717) is 6.42 Å². The summed E-state index contributed by atoms with van der Waals surface area (Å²) in [7, 11) is 0. The summed E-state index contributed by atoms with van der Waals surface area (Å²) in [5.74, 6) is -6.07. The van der Waals surface area contributed by atoms with Gasteiger partial charge in [-0.25, -0.2) is 0 Å². The number of amides is 6. The van der Waals surface area contributed by atoms with Crippen molar-refractivity contribution in [3.8, 4) is 0 Å². The van der Waals surface area contributed by atoms with Crippen molar-refractivity contribution in [1.29, 1.82) is 0 Å². The number of ether oxygens (including phenoxy) is 3. The van der Waals surface area contributed by atoms with Gasteiger partial charge in [-0.2, -0.15) is 0 Å². The number of carbonyl (C=O) groups excluding carboxylic acids is 7. The first kappa shape index (κ1) is 46.7. The molecule has 6 amide bonds. The Morgan fingerprint density at radius 3 is 1.81 bits per heavy atom. The smallest absolute Gasteiger partial charge is 0.322 e. The Bertz CT molecular complexity index is 1320. The third-order valence-corrected chi connectivity index (χ3v) is 7.20. The second-order valence-corrected chi connectivity index (χ2v) is 15.6. The van der Waals surface area contributed by atoms with E-state index in [1.54, 1.807) is 62.3 Å². The number of carboxylic acids is 1. The molecule has 0 aromatic rings. The van der Waals surface area contributed by atoms with E-state index in [0.717, 1.165) is 0 Å². The van der Waals surface area contributed by atoms with Gasteiger partial charge in [0.1, 0.15) is 30.3 Å². The van der Waals surface area contributed by atoms with E-state index in [1.165, 1.54) is 4.90 Å². The number of nitrogens with two attached hydrogens (primary N) is 1. The molecule has 0 bridgehead atoms. The van der Waals surface area contributed by atoms with Crippen LogP contribution in [0.5, 0.6) is 0 Å². The molecule has 19 nitrogen and oxygen atoms in total. The van der Waals surface area contributed by atoms with Crippen LogP contribution in [0.25, 0.3) is 0 Å². The largest absolute Gasteiger partial charge is 0.480 e. The minimum atomic E-state index is -1.33. The van der Waals surface area contributed by atoms with Gasteiger partial charge in [-0.15, -0.1) is 0 Å². The molecule has 1 aliphatic rings. The van der Waals surface area contributed by atoms with E-state index in [9.17, 15) is 38.4 Å². The summed E-state index contributed by atoms with van der Waals surface area (Å²) in [5, 5.41) is 21.1. The van der Waals surface area contributed by atoms with Crippen LogP contribution in [-0.4, -0.2) is 138 Å². The minimum absolute atomic E-state index is 0.00155. The maximum Gasteiger partial charge on any atom is 0.322 e. The number of carbonyl (C=O) groups is 8. The molecular formula is C34H59N7O12. The first-order valence-electron chi connectivity index (χ1n) is 17.5. The fourth-order valence-electron chi connectivity index (χ4n) is 4.63. The number of nitrogens with one attached hydrogen (secondary N) is 5. The molecule has 19 heteroatoms. The number of carboxylic acid groups (broad SMARTS) is 1. The number of likely N-dealkylation sites (tertiary alicyclic amines) is 1. The van der Waals surface area contributed by atoms with Gasteiger partial charge >= 0.3 is 11.9 Å². The van der Waals surface area contributed by atoms with Gasteiger partial charge in [-0.1, -0.05) is 0 Å². The van der Waals surface area contributed by atoms with Crippen molar-refractivity contribution in [1.82, 2.24) is 31.5 Å². The van der Waals surface area contributed by atoms with Crippen molar-refractivity contribution in [2.45, 2.75) is 129 Å². The Kier molecular flexibility index (Phi) is 18.3. The fraction of sp³-hybridized carbons (Fsp3) is 0.765. The Morgan fingerprint density at radius 1 is 0.736 bits per heavy atom. The average Bonchev–Trinajstić information content (AvgIpc) is 3.52. The van der Waals surface area contributed by atoms with Gasteiger partial charge in [0.05, 0.1) is 43.5 Å². The van der Waals surface area contributed by atoms with Gasteiger partial charge in [-0.3, -0.25) is 38.4 Å². The molecule has 0 unspecified atom stereocenters. The van der Waals surface area contributed by atoms with Crippen molar-refractivity contribution in [2.75, 3.05) is 39.4 Å². The van der Waals surface area contributed by atoms with Gasteiger partial charge in [0, 0.05) is 13.0 Å². The number of nitrogens with zero attached hydrogens (tertiary/aromatic N) is 1. The summed E-state index contributed by atoms with van der Waals surface area (Å²) in [6, 6.07) is -4.72. The van der Waals surface area contributed by atoms with Crippen LogP contribution in [0.1, 0.15) is 88.0 Å².